The van der Waals surface area contributed by atoms with Crippen molar-refractivity contribution in [2.24, 2.45) is 0 Å². The summed E-state index contributed by atoms with van der Waals surface area (Å²) in [6, 6.07) is 17.3. The number of nitrogens with zero attached hydrogens (tertiary/aromatic N) is 3. The van der Waals surface area contributed by atoms with Gasteiger partial charge >= 0.3 is 0 Å². The van der Waals surface area contributed by atoms with E-state index in [-0.39, 0.29) is 0 Å². The lowest BCUT2D eigenvalue weighted by atomic mass is 10.2. The minimum absolute atomic E-state index is 0.302. The van der Waals surface area contributed by atoms with Crippen LogP contribution < -0.4 is 4.74 Å². The molecule has 2 aromatic carbocycles. The maximum absolute atomic E-state index is 6.02. The summed E-state index contributed by atoms with van der Waals surface area (Å²) in [6.07, 6.45) is 0. The fourth-order valence-electron chi connectivity index (χ4n) is 2.52. The van der Waals surface area contributed by atoms with E-state index in [2.05, 4.69) is 20.3 Å². The molecule has 0 atom stereocenters. The lowest BCUT2D eigenvalue weighted by molar-refractivity contribution is 0.296. The predicted octanol–water partition coefficient (Wildman–Crippen LogP) is 5.29. The molecule has 2 heterocycles. The van der Waals surface area contributed by atoms with Crippen LogP contribution in [-0.4, -0.2) is 20.3 Å². The standard InChI is InChI=1S/C20H17ClN4O2S/c1-13-9-16(7-8-17(13)21)26-11-19-22-20(24-23-19)28-12-15-10-18(27-25-15)14-5-3-2-4-6-14/h2-10H,11-12H2,1H3,(H,22,23,24). The third-order valence-corrected chi connectivity index (χ3v) is 5.29. The second-order valence-corrected chi connectivity index (χ2v) is 7.45. The van der Waals surface area contributed by atoms with Crippen molar-refractivity contribution in [2.45, 2.75) is 24.4 Å². The first kappa shape index (κ1) is 18.6. The van der Waals surface area contributed by atoms with Crippen LogP contribution >= 0.6 is 23.4 Å². The van der Waals surface area contributed by atoms with Crippen LogP contribution in [0.3, 0.4) is 0 Å². The van der Waals surface area contributed by atoms with Crippen LogP contribution in [-0.2, 0) is 12.4 Å². The molecule has 0 aliphatic rings. The summed E-state index contributed by atoms with van der Waals surface area (Å²) in [4.78, 5) is 4.43. The molecule has 0 bridgehead atoms. The second kappa shape index (κ2) is 8.50. The van der Waals surface area contributed by atoms with Gasteiger partial charge in [-0.1, -0.05) is 58.9 Å². The van der Waals surface area contributed by atoms with E-state index >= 15 is 0 Å². The number of rotatable bonds is 7. The van der Waals surface area contributed by atoms with Gasteiger partial charge in [-0.2, -0.15) is 0 Å². The molecule has 2 aromatic heterocycles. The summed E-state index contributed by atoms with van der Waals surface area (Å²) in [6.45, 7) is 2.24. The molecule has 0 fully saturated rings. The molecule has 142 valence electrons. The zero-order valence-electron chi connectivity index (χ0n) is 15.1. The molecule has 0 aliphatic carbocycles. The topological polar surface area (TPSA) is 76.8 Å². The van der Waals surface area contributed by atoms with E-state index in [0.29, 0.717) is 28.4 Å². The Morgan fingerprint density at radius 3 is 2.82 bits per heavy atom. The summed E-state index contributed by atoms with van der Waals surface area (Å²) in [5.74, 6) is 2.76. The maximum Gasteiger partial charge on any atom is 0.208 e. The normalized spacial score (nSPS) is 10.9. The van der Waals surface area contributed by atoms with Crippen molar-refractivity contribution in [2.75, 3.05) is 0 Å². The Kier molecular flexibility index (Phi) is 5.64. The highest BCUT2D eigenvalue weighted by molar-refractivity contribution is 7.98. The lowest BCUT2D eigenvalue weighted by Gasteiger charge is -2.05. The highest BCUT2D eigenvalue weighted by Crippen LogP contribution is 2.25. The number of aryl methyl sites for hydroxylation is 1. The van der Waals surface area contributed by atoms with Gasteiger partial charge in [-0.15, -0.1) is 5.10 Å². The average Bonchev–Trinajstić information content (AvgIpc) is 3.37. The molecule has 28 heavy (non-hydrogen) atoms. The fourth-order valence-corrected chi connectivity index (χ4v) is 3.34. The van der Waals surface area contributed by atoms with Crippen molar-refractivity contribution in [3.8, 4) is 17.1 Å². The van der Waals surface area contributed by atoms with Crippen LogP contribution in [0.25, 0.3) is 11.3 Å². The highest BCUT2D eigenvalue weighted by Gasteiger charge is 2.10. The first-order valence-corrected chi connectivity index (χ1v) is 9.98. The quantitative estimate of drug-likeness (QED) is 0.415. The smallest absolute Gasteiger partial charge is 0.208 e. The molecule has 0 saturated heterocycles. The number of halogens is 1. The summed E-state index contributed by atoms with van der Waals surface area (Å²) >= 11 is 7.50. The van der Waals surface area contributed by atoms with Crippen LogP contribution in [0.4, 0.5) is 0 Å². The van der Waals surface area contributed by atoms with Gasteiger partial charge in [0.2, 0.25) is 5.16 Å². The first-order chi connectivity index (χ1) is 13.7. The van der Waals surface area contributed by atoms with E-state index in [1.807, 2.05) is 61.5 Å². The Balaban J connectivity index is 1.31. The van der Waals surface area contributed by atoms with Gasteiger partial charge in [0.05, 0.1) is 5.69 Å². The summed E-state index contributed by atoms with van der Waals surface area (Å²) in [5.41, 5.74) is 2.81. The SMILES string of the molecule is Cc1cc(OCc2nc(SCc3cc(-c4ccccc4)on3)n[nH]2)ccc1Cl. The molecular weight excluding hydrogens is 396 g/mol. The van der Waals surface area contributed by atoms with Crippen LogP contribution in [0.2, 0.25) is 5.02 Å². The molecule has 4 aromatic rings. The molecule has 0 radical (unpaired) electrons. The van der Waals surface area contributed by atoms with Gasteiger partial charge < -0.3 is 9.26 Å². The molecule has 0 aliphatic heterocycles. The van der Waals surface area contributed by atoms with E-state index in [4.69, 9.17) is 20.9 Å². The van der Waals surface area contributed by atoms with Crippen molar-refractivity contribution in [1.82, 2.24) is 20.3 Å². The predicted molar refractivity (Wildman–Crippen MR) is 108 cm³/mol. The molecule has 0 saturated carbocycles. The number of aromatic amines is 1. The molecule has 0 amide bonds. The van der Waals surface area contributed by atoms with Gasteiger partial charge in [0.1, 0.15) is 12.4 Å². The van der Waals surface area contributed by atoms with Crippen LogP contribution in [0, 0.1) is 6.92 Å². The molecule has 0 unspecified atom stereocenters. The van der Waals surface area contributed by atoms with Crippen LogP contribution in [0.15, 0.2) is 64.3 Å². The molecule has 4 rings (SSSR count). The van der Waals surface area contributed by atoms with E-state index in [1.54, 1.807) is 0 Å². The van der Waals surface area contributed by atoms with Gasteiger partial charge in [-0.25, -0.2) is 4.98 Å². The van der Waals surface area contributed by atoms with Crippen molar-refractivity contribution in [1.29, 1.82) is 0 Å². The van der Waals surface area contributed by atoms with E-state index in [1.165, 1.54) is 11.8 Å². The largest absolute Gasteiger partial charge is 0.486 e. The second-order valence-electron chi connectivity index (χ2n) is 6.10. The number of aromatic nitrogens is 4. The number of nitrogens with one attached hydrogen (secondary N) is 1. The van der Waals surface area contributed by atoms with Crippen molar-refractivity contribution in [3.05, 3.63) is 76.7 Å². The molecule has 1 N–H and O–H groups in total. The van der Waals surface area contributed by atoms with Gasteiger partial charge in [0, 0.05) is 22.4 Å². The zero-order chi connectivity index (χ0) is 19.3. The summed E-state index contributed by atoms with van der Waals surface area (Å²) < 4.78 is 11.1. The van der Waals surface area contributed by atoms with E-state index in [0.717, 1.165) is 28.3 Å². The van der Waals surface area contributed by atoms with Crippen molar-refractivity contribution in [3.63, 3.8) is 0 Å². The Bertz CT molecular complexity index is 1070. The molecule has 8 heteroatoms. The maximum atomic E-state index is 6.02. The highest BCUT2D eigenvalue weighted by atomic mass is 35.5. The molecular formula is C20H17ClN4O2S. The fraction of sp³-hybridized carbons (Fsp3) is 0.150. The summed E-state index contributed by atoms with van der Waals surface area (Å²) in [7, 11) is 0. The third-order valence-electron chi connectivity index (χ3n) is 3.98. The van der Waals surface area contributed by atoms with Gasteiger partial charge in [-0.3, -0.25) is 5.10 Å². The molecule has 0 spiro atoms. The minimum Gasteiger partial charge on any atom is -0.486 e. The Morgan fingerprint density at radius 2 is 2.00 bits per heavy atom. The zero-order valence-corrected chi connectivity index (χ0v) is 16.6. The van der Waals surface area contributed by atoms with Crippen molar-refractivity contribution >= 4 is 23.4 Å². The Labute approximate surface area is 171 Å². The van der Waals surface area contributed by atoms with Crippen molar-refractivity contribution < 1.29 is 9.26 Å². The first-order valence-electron chi connectivity index (χ1n) is 8.61. The number of hydrogen-bond donors (Lipinski definition) is 1. The van der Waals surface area contributed by atoms with Crippen LogP contribution in [0.1, 0.15) is 17.1 Å². The number of hydrogen-bond acceptors (Lipinski definition) is 6. The Hall–Kier alpha value is -2.77. The minimum atomic E-state index is 0.302. The molecule has 6 nitrogen and oxygen atoms in total. The monoisotopic (exact) mass is 412 g/mol. The van der Waals surface area contributed by atoms with Gasteiger partial charge in [0.15, 0.2) is 11.6 Å². The van der Waals surface area contributed by atoms with Gasteiger partial charge in [-0.05, 0) is 30.7 Å². The van der Waals surface area contributed by atoms with E-state index in [9.17, 15) is 0 Å². The lowest BCUT2D eigenvalue weighted by Crippen LogP contribution is -1.98. The average molecular weight is 413 g/mol. The van der Waals surface area contributed by atoms with Crippen LogP contribution in [0.5, 0.6) is 5.75 Å². The number of H-pyrrole nitrogens is 1. The number of benzene rings is 2. The Morgan fingerprint density at radius 1 is 1.14 bits per heavy atom. The third kappa shape index (κ3) is 4.55. The summed E-state index contributed by atoms with van der Waals surface area (Å²) in [5, 5.41) is 12.6. The number of thioether (sulfide) groups is 1. The van der Waals surface area contributed by atoms with Gasteiger partial charge in [0.25, 0.3) is 0 Å². The van der Waals surface area contributed by atoms with E-state index < -0.39 is 0 Å². The number of ether oxygens (including phenoxy) is 1.